The minimum Gasteiger partial charge on any atom is -0.497 e. The van der Waals surface area contributed by atoms with Crippen molar-refractivity contribution in [3.05, 3.63) is 11.8 Å². The summed E-state index contributed by atoms with van der Waals surface area (Å²) in [7, 11) is 0. The number of ether oxygens (including phenoxy) is 1. The fourth-order valence-electron chi connectivity index (χ4n) is 1.26. The lowest BCUT2D eigenvalue weighted by molar-refractivity contribution is 0.259. The number of dihydropyridines is 1. The van der Waals surface area contributed by atoms with Crippen molar-refractivity contribution in [1.29, 1.82) is 0 Å². The number of hydrogen-bond donors (Lipinski definition) is 0. The Kier molecular flexibility index (Phi) is 1.04. The lowest BCUT2D eigenvalue weighted by Gasteiger charge is -2.08. The number of aliphatic imine (C=N–C) groups is 1. The summed E-state index contributed by atoms with van der Waals surface area (Å²) in [5, 5.41) is 0. The lowest BCUT2D eigenvalue weighted by Crippen LogP contribution is -2.05. The first kappa shape index (κ1) is 5.03. The fourth-order valence-corrected chi connectivity index (χ4v) is 1.26. The molecule has 0 aromatic rings. The van der Waals surface area contributed by atoms with E-state index in [1.165, 1.54) is 0 Å². The fraction of sp³-hybridized carbons (Fsp3) is 0.571. The Hall–Kier alpha value is -0.790. The predicted octanol–water partition coefficient (Wildman–Crippen LogP) is 0.991. The van der Waals surface area contributed by atoms with Crippen molar-refractivity contribution in [2.75, 3.05) is 13.2 Å². The van der Waals surface area contributed by atoms with E-state index in [9.17, 15) is 0 Å². The summed E-state index contributed by atoms with van der Waals surface area (Å²) in [4.78, 5) is 4.14. The molecule has 1 fully saturated rings. The molecule has 2 heterocycles. The summed E-state index contributed by atoms with van der Waals surface area (Å²) in [6.07, 6.45) is 4.96. The van der Waals surface area contributed by atoms with Crippen molar-refractivity contribution in [3.63, 3.8) is 0 Å². The van der Waals surface area contributed by atoms with Crippen LogP contribution in [0, 0.1) is 5.92 Å². The molecule has 2 aliphatic heterocycles. The molecule has 0 aliphatic carbocycles. The average molecular weight is 123 g/mol. The zero-order valence-corrected chi connectivity index (χ0v) is 5.21. The zero-order chi connectivity index (χ0) is 6.10. The van der Waals surface area contributed by atoms with E-state index in [0.29, 0.717) is 5.92 Å². The van der Waals surface area contributed by atoms with Gasteiger partial charge in [0.1, 0.15) is 5.76 Å². The van der Waals surface area contributed by atoms with Crippen molar-refractivity contribution >= 4 is 6.21 Å². The molecule has 0 radical (unpaired) electrons. The van der Waals surface area contributed by atoms with Gasteiger partial charge in [-0.25, -0.2) is 0 Å². The SMILES string of the molecule is C1=NCC2CCOC2=C1. The minimum atomic E-state index is 0.606. The van der Waals surface area contributed by atoms with Crippen molar-refractivity contribution in [3.8, 4) is 0 Å². The molecule has 0 aromatic heterocycles. The molecule has 0 saturated carbocycles. The highest BCUT2D eigenvalue weighted by molar-refractivity contribution is 5.73. The highest BCUT2D eigenvalue weighted by atomic mass is 16.5. The van der Waals surface area contributed by atoms with Crippen LogP contribution >= 0.6 is 0 Å². The van der Waals surface area contributed by atoms with Crippen LogP contribution in [-0.4, -0.2) is 19.4 Å². The summed E-state index contributed by atoms with van der Waals surface area (Å²) in [5.74, 6) is 1.75. The van der Waals surface area contributed by atoms with E-state index < -0.39 is 0 Å². The topological polar surface area (TPSA) is 21.6 Å². The molecule has 0 aromatic carbocycles. The van der Waals surface area contributed by atoms with Crippen molar-refractivity contribution < 1.29 is 4.74 Å². The number of nitrogens with zero attached hydrogens (tertiary/aromatic N) is 1. The Bertz CT molecular complexity index is 172. The summed E-state index contributed by atoms with van der Waals surface area (Å²) in [6.45, 7) is 1.83. The summed E-state index contributed by atoms with van der Waals surface area (Å²) < 4.78 is 5.33. The molecule has 2 rings (SSSR count). The number of hydrogen-bond acceptors (Lipinski definition) is 2. The van der Waals surface area contributed by atoms with Crippen LogP contribution in [0.15, 0.2) is 16.8 Å². The van der Waals surface area contributed by atoms with E-state index >= 15 is 0 Å². The Morgan fingerprint density at radius 3 is 3.56 bits per heavy atom. The number of allylic oxidation sites excluding steroid dienone is 1. The highest BCUT2D eigenvalue weighted by Crippen LogP contribution is 2.25. The van der Waals surface area contributed by atoms with E-state index in [1.54, 1.807) is 0 Å². The van der Waals surface area contributed by atoms with Gasteiger partial charge < -0.3 is 4.74 Å². The first-order valence-corrected chi connectivity index (χ1v) is 3.29. The molecule has 2 heteroatoms. The third kappa shape index (κ3) is 0.745. The molecule has 1 saturated heterocycles. The maximum absolute atomic E-state index is 5.33. The summed E-state index contributed by atoms with van der Waals surface area (Å²) in [5.41, 5.74) is 0. The largest absolute Gasteiger partial charge is 0.497 e. The molecule has 1 atom stereocenters. The Balaban J connectivity index is 2.23. The van der Waals surface area contributed by atoms with Crippen LogP contribution in [0.1, 0.15) is 6.42 Å². The smallest absolute Gasteiger partial charge is 0.103 e. The van der Waals surface area contributed by atoms with Crippen molar-refractivity contribution in [2.24, 2.45) is 10.9 Å². The van der Waals surface area contributed by atoms with Crippen molar-refractivity contribution in [1.82, 2.24) is 0 Å². The normalized spacial score (nSPS) is 31.1. The van der Waals surface area contributed by atoms with Crippen molar-refractivity contribution in [2.45, 2.75) is 6.42 Å². The van der Waals surface area contributed by atoms with Gasteiger partial charge in [0.25, 0.3) is 0 Å². The van der Waals surface area contributed by atoms with E-state index in [0.717, 1.165) is 25.3 Å². The van der Waals surface area contributed by atoms with Gasteiger partial charge in [0, 0.05) is 18.7 Å². The Labute approximate surface area is 54.2 Å². The molecule has 48 valence electrons. The second-order valence-electron chi connectivity index (χ2n) is 2.42. The number of fused-ring (bicyclic) bond motifs is 1. The van der Waals surface area contributed by atoms with Crippen LogP contribution in [0.25, 0.3) is 0 Å². The van der Waals surface area contributed by atoms with Crippen LogP contribution < -0.4 is 0 Å². The van der Waals surface area contributed by atoms with Crippen LogP contribution in [0.3, 0.4) is 0 Å². The van der Waals surface area contributed by atoms with Gasteiger partial charge in [-0.3, -0.25) is 4.99 Å². The van der Waals surface area contributed by atoms with Gasteiger partial charge in [0.2, 0.25) is 0 Å². The molecular weight excluding hydrogens is 114 g/mol. The van der Waals surface area contributed by atoms with Gasteiger partial charge in [-0.2, -0.15) is 0 Å². The third-order valence-corrected chi connectivity index (χ3v) is 1.81. The highest BCUT2D eigenvalue weighted by Gasteiger charge is 2.22. The van der Waals surface area contributed by atoms with Gasteiger partial charge in [-0.05, 0) is 12.5 Å². The minimum absolute atomic E-state index is 0.606. The molecule has 2 aliphatic rings. The molecule has 9 heavy (non-hydrogen) atoms. The third-order valence-electron chi connectivity index (χ3n) is 1.81. The van der Waals surface area contributed by atoms with Crippen LogP contribution in [0.4, 0.5) is 0 Å². The molecule has 0 N–H and O–H groups in total. The second-order valence-corrected chi connectivity index (χ2v) is 2.42. The van der Waals surface area contributed by atoms with Crippen LogP contribution in [0.5, 0.6) is 0 Å². The molecule has 0 bridgehead atoms. The number of rotatable bonds is 0. The Morgan fingerprint density at radius 1 is 1.67 bits per heavy atom. The quantitative estimate of drug-likeness (QED) is 0.470. The first-order valence-electron chi connectivity index (χ1n) is 3.29. The van der Waals surface area contributed by atoms with Crippen LogP contribution in [0.2, 0.25) is 0 Å². The summed E-state index contributed by atoms with van der Waals surface area (Å²) >= 11 is 0. The molecule has 0 amide bonds. The second kappa shape index (κ2) is 1.87. The molecule has 1 unspecified atom stereocenters. The van der Waals surface area contributed by atoms with Gasteiger partial charge in [-0.1, -0.05) is 0 Å². The zero-order valence-electron chi connectivity index (χ0n) is 5.21. The van der Waals surface area contributed by atoms with Gasteiger partial charge >= 0.3 is 0 Å². The molecule has 0 spiro atoms. The Morgan fingerprint density at radius 2 is 2.67 bits per heavy atom. The molecule has 2 nitrogen and oxygen atoms in total. The van der Waals surface area contributed by atoms with E-state index in [4.69, 9.17) is 4.74 Å². The van der Waals surface area contributed by atoms with Gasteiger partial charge in [-0.15, -0.1) is 0 Å². The maximum Gasteiger partial charge on any atom is 0.103 e. The van der Waals surface area contributed by atoms with E-state index in [-0.39, 0.29) is 0 Å². The van der Waals surface area contributed by atoms with Gasteiger partial charge in [0.05, 0.1) is 6.61 Å². The molecular formula is C7H9NO. The van der Waals surface area contributed by atoms with Gasteiger partial charge in [0.15, 0.2) is 0 Å². The van der Waals surface area contributed by atoms with E-state index in [1.807, 2.05) is 12.3 Å². The standard InChI is InChI=1S/C7H9NO/c1-3-8-5-6-2-4-9-7(1)6/h1,3,6H,2,4-5H2. The summed E-state index contributed by atoms with van der Waals surface area (Å²) in [6, 6.07) is 0. The lowest BCUT2D eigenvalue weighted by atomic mass is 10.1. The van der Waals surface area contributed by atoms with E-state index in [2.05, 4.69) is 4.99 Å². The maximum atomic E-state index is 5.33. The first-order chi connectivity index (χ1) is 4.47. The average Bonchev–Trinajstić information content (AvgIpc) is 2.33. The monoisotopic (exact) mass is 123 g/mol. The van der Waals surface area contributed by atoms with Crippen LogP contribution in [-0.2, 0) is 4.74 Å². The predicted molar refractivity (Wildman–Crippen MR) is 35.5 cm³/mol.